The Morgan fingerprint density at radius 2 is 1.83 bits per heavy atom. The molecule has 1 aliphatic heterocycles. The van der Waals surface area contributed by atoms with Crippen molar-refractivity contribution < 1.29 is 9.59 Å². The Morgan fingerprint density at radius 1 is 1.12 bits per heavy atom. The van der Waals surface area contributed by atoms with Crippen molar-refractivity contribution >= 4 is 17.5 Å². The highest BCUT2D eigenvalue weighted by Gasteiger charge is 2.37. The van der Waals surface area contributed by atoms with Crippen LogP contribution in [0.15, 0.2) is 54.6 Å². The van der Waals surface area contributed by atoms with Gasteiger partial charge >= 0.3 is 0 Å². The SMILES string of the molecule is Cc1ccc(CCNC(=O)[C@H]2CCN(c3ccccc3)C2=O)cc1. The van der Waals surface area contributed by atoms with Crippen molar-refractivity contribution in [3.05, 3.63) is 65.7 Å². The summed E-state index contributed by atoms with van der Waals surface area (Å²) in [6.45, 7) is 3.20. The Balaban J connectivity index is 1.52. The fourth-order valence-electron chi connectivity index (χ4n) is 3.00. The normalized spacial score (nSPS) is 17.1. The number of aryl methyl sites for hydroxylation is 1. The molecule has 1 saturated heterocycles. The van der Waals surface area contributed by atoms with E-state index in [9.17, 15) is 9.59 Å². The Bertz CT molecular complexity index is 710. The monoisotopic (exact) mass is 322 g/mol. The second-order valence-corrected chi connectivity index (χ2v) is 6.19. The number of nitrogens with zero attached hydrogens (tertiary/aromatic N) is 1. The van der Waals surface area contributed by atoms with Crippen LogP contribution in [0, 0.1) is 12.8 Å². The van der Waals surface area contributed by atoms with E-state index in [1.807, 2.05) is 30.3 Å². The van der Waals surface area contributed by atoms with Crippen LogP contribution in [0.3, 0.4) is 0 Å². The van der Waals surface area contributed by atoms with Crippen LogP contribution in [-0.2, 0) is 16.0 Å². The van der Waals surface area contributed by atoms with Gasteiger partial charge in [0, 0.05) is 18.8 Å². The highest BCUT2D eigenvalue weighted by atomic mass is 16.2. The maximum absolute atomic E-state index is 12.5. The average molecular weight is 322 g/mol. The number of carbonyl (C=O) groups excluding carboxylic acids is 2. The predicted octanol–water partition coefficient (Wildman–Crippen LogP) is 2.71. The van der Waals surface area contributed by atoms with Crippen LogP contribution < -0.4 is 10.2 Å². The molecule has 0 unspecified atom stereocenters. The molecular weight excluding hydrogens is 300 g/mol. The summed E-state index contributed by atoms with van der Waals surface area (Å²) in [6.07, 6.45) is 1.35. The van der Waals surface area contributed by atoms with Crippen molar-refractivity contribution in [2.45, 2.75) is 19.8 Å². The van der Waals surface area contributed by atoms with E-state index >= 15 is 0 Å². The first-order valence-corrected chi connectivity index (χ1v) is 8.35. The summed E-state index contributed by atoms with van der Waals surface area (Å²) < 4.78 is 0. The second kappa shape index (κ2) is 7.30. The third-order valence-electron chi connectivity index (χ3n) is 4.42. The minimum atomic E-state index is -0.566. The summed E-state index contributed by atoms with van der Waals surface area (Å²) in [5, 5.41) is 2.90. The molecule has 0 spiro atoms. The lowest BCUT2D eigenvalue weighted by Gasteiger charge is -2.16. The number of amides is 2. The highest BCUT2D eigenvalue weighted by molar-refractivity contribution is 6.09. The molecule has 2 aromatic rings. The van der Waals surface area contributed by atoms with Crippen LogP contribution in [-0.4, -0.2) is 24.9 Å². The van der Waals surface area contributed by atoms with E-state index in [1.165, 1.54) is 11.1 Å². The molecule has 2 amide bonds. The fourth-order valence-corrected chi connectivity index (χ4v) is 3.00. The number of para-hydroxylation sites is 1. The molecule has 0 bridgehead atoms. The van der Waals surface area contributed by atoms with Gasteiger partial charge in [0.25, 0.3) is 0 Å². The van der Waals surface area contributed by atoms with Gasteiger partial charge in [-0.25, -0.2) is 0 Å². The van der Waals surface area contributed by atoms with Gasteiger partial charge in [-0.05, 0) is 37.5 Å². The minimum Gasteiger partial charge on any atom is -0.355 e. The van der Waals surface area contributed by atoms with Crippen molar-refractivity contribution in [3.63, 3.8) is 0 Å². The first kappa shape index (κ1) is 16.2. The molecule has 4 nitrogen and oxygen atoms in total. The molecule has 1 N–H and O–H groups in total. The minimum absolute atomic E-state index is 0.103. The number of benzene rings is 2. The zero-order valence-electron chi connectivity index (χ0n) is 13.9. The average Bonchev–Trinajstić information content (AvgIpc) is 2.99. The summed E-state index contributed by atoms with van der Waals surface area (Å²) >= 11 is 0. The lowest BCUT2D eigenvalue weighted by Crippen LogP contribution is -2.37. The third kappa shape index (κ3) is 3.65. The highest BCUT2D eigenvalue weighted by Crippen LogP contribution is 2.25. The molecule has 3 rings (SSSR count). The van der Waals surface area contributed by atoms with Crippen LogP contribution in [0.5, 0.6) is 0 Å². The Morgan fingerprint density at radius 3 is 2.54 bits per heavy atom. The van der Waals surface area contributed by atoms with Gasteiger partial charge in [0.15, 0.2) is 0 Å². The smallest absolute Gasteiger partial charge is 0.239 e. The molecule has 1 fully saturated rings. The van der Waals surface area contributed by atoms with Gasteiger partial charge in [-0.1, -0.05) is 48.0 Å². The molecule has 4 heteroatoms. The molecule has 0 saturated carbocycles. The van der Waals surface area contributed by atoms with E-state index in [0.717, 1.165) is 12.1 Å². The van der Waals surface area contributed by atoms with Crippen LogP contribution in [0.25, 0.3) is 0 Å². The second-order valence-electron chi connectivity index (χ2n) is 6.19. The molecule has 0 aliphatic carbocycles. The van der Waals surface area contributed by atoms with Crippen molar-refractivity contribution in [2.24, 2.45) is 5.92 Å². The van der Waals surface area contributed by atoms with Crippen molar-refractivity contribution in [3.8, 4) is 0 Å². The molecule has 1 atom stereocenters. The van der Waals surface area contributed by atoms with Gasteiger partial charge in [-0.15, -0.1) is 0 Å². The Labute approximate surface area is 142 Å². The topological polar surface area (TPSA) is 49.4 Å². The van der Waals surface area contributed by atoms with Gasteiger partial charge in [-0.3, -0.25) is 9.59 Å². The first-order valence-electron chi connectivity index (χ1n) is 8.35. The van der Waals surface area contributed by atoms with Crippen LogP contribution >= 0.6 is 0 Å². The molecule has 1 aliphatic rings. The Hall–Kier alpha value is -2.62. The number of nitrogens with one attached hydrogen (secondary N) is 1. The van der Waals surface area contributed by atoms with Gasteiger partial charge in [-0.2, -0.15) is 0 Å². The molecular formula is C20H22N2O2. The van der Waals surface area contributed by atoms with Gasteiger partial charge < -0.3 is 10.2 Å². The number of anilines is 1. The summed E-state index contributed by atoms with van der Waals surface area (Å²) in [7, 11) is 0. The van der Waals surface area contributed by atoms with Crippen molar-refractivity contribution in [1.29, 1.82) is 0 Å². The van der Waals surface area contributed by atoms with E-state index < -0.39 is 5.92 Å². The number of hydrogen-bond acceptors (Lipinski definition) is 2. The Kier molecular flexibility index (Phi) is 4.94. The third-order valence-corrected chi connectivity index (χ3v) is 4.42. The van der Waals surface area contributed by atoms with Crippen LogP contribution in [0.4, 0.5) is 5.69 Å². The van der Waals surface area contributed by atoms with Crippen LogP contribution in [0.1, 0.15) is 17.5 Å². The molecule has 2 aromatic carbocycles. The van der Waals surface area contributed by atoms with E-state index in [0.29, 0.717) is 19.5 Å². The van der Waals surface area contributed by atoms with E-state index in [4.69, 9.17) is 0 Å². The summed E-state index contributed by atoms with van der Waals surface area (Å²) in [6, 6.07) is 17.8. The fraction of sp³-hybridized carbons (Fsp3) is 0.300. The largest absolute Gasteiger partial charge is 0.355 e. The van der Waals surface area contributed by atoms with E-state index in [1.54, 1.807) is 4.90 Å². The molecule has 1 heterocycles. The summed E-state index contributed by atoms with van der Waals surface area (Å²) in [5.41, 5.74) is 3.27. The van der Waals surface area contributed by atoms with Gasteiger partial charge in [0.1, 0.15) is 5.92 Å². The lowest BCUT2D eigenvalue weighted by molar-refractivity contribution is -0.132. The standard InChI is InChI=1S/C20H22N2O2/c1-15-7-9-16(10-8-15)11-13-21-19(23)18-12-14-22(20(18)24)17-5-3-2-4-6-17/h2-10,18H,11-14H2,1H3,(H,21,23)/t18-/m1/s1. The number of rotatable bonds is 5. The molecule has 124 valence electrons. The predicted molar refractivity (Wildman–Crippen MR) is 94.8 cm³/mol. The molecule has 0 aromatic heterocycles. The molecule has 24 heavy (non-hydrogen) atoms. The zero-order valence-corrected chi connectivity index (χ0v) is 13.9. The van der Waals surface area contributed by atoms with Crippen molar-refractivity contribution in [2.75, 3.05) is 18.0 Å². The molecule has 0 radical (unpaired) electrons. The van der Waals surface area contributed by atoms with E-state index in [-0.39, 0.29) is 11.8 Å². The van der Waals surface area contributed by atoms with Gasteiger partial charge in [0.2, 0.25) is 11.8 Å². The lowest BCUT2D eigenvalue weighted by atomic mass is 10.1. The maximum atomic E-state index is 12.5. The van der Waals surface area contributed by atoms with Crippen LogP contribution in [0.2, 0.25) is 0 Å². The summed E-state index contributed by atoms with van der Waals surface area (Å²) in [5.74, 6) is -0.831. The van der Waals surface area contributed by atoms with Crippen molar-refractivity contribution in [1.82, 2.24) is 5.32 Å². The number of carbonyl (C=O) groups is 2. The zero-order chi connectivity index (χ0) is 16.9. The van der Waals surface area contributed by atoms with Gasteiger partial charge in [0.05, 0.1) is 0 Å². The first-order chi connectivity index (χ1) is 11.6. The number of hydrogen-bond donors (Lipinski definition) is 1. The maximum Gasteiger partial charge on any atom is 0.239 e. The summed E-state index contributed by atoms with van der Waals surface area (Å²) in [4.78, 5) is 26.5. The quantitative estimate of drug-likeness (QED) is 0.861. The van der Waals surface area contributed by atoms with E-state index in [2.05, 4.69) is 36.5 Å².